The smallest absolute Gasteiger partial charge is 0.140 e. The van der Waals surface area contributed by atoms with E-state index in [4.69, 9.17) is 28.2 Å². The molecule has 0 amide bonds. The number of fused-ring (bicyclic) bond motifs is 1. The fourth-order valence-corrected chi connectivity index (χ4v) is 3.86. The van der Waals surface area contributed by atoms with Crippen LogP contribution in [0.2, 0.25) is 10.0 Å². The van der Waals surface area contributed by atoms with Crippen molar-refractivity contribution in [2.45, 2.75) is 25.9 Å². The number of benzene rings is 2. The van der Waals surface area contributed by atoms with Crippen molar-refractivity contribution < 1.29 is 0 Å². The first-order chi connectivity index (χ1) is 13.2. The van der Waals surface area contributed by atoms with Crippen molar-refractivity contribution in [3.8, 4) is 11.4 Å². The van der Waals surface area contributed by atoms with Crippen LogP contribution in [0.4, 0.5) is 0 Å². The van der Waals surface area contributed by atoms with Gasteiger partial charge in [0.25, 0.3) is 0 Å². The van der Waals surface area contributed by atoms with Crippen LogP contribution >= 0.6 is 23.2 Å². The van der Waals surface area contributed by atoms with E-state index in [2.05, 4.69) is 14.1 Å². The van der Waals surface area contributed by atoms with Crippen LogP contribution in [0.3, 0.4) is 0 Å². The number of aromatic nitrogens is 4. The fourth-order valence-electron chi connectivity index (χ4n) is 3.51. The highest BCUT2D eigenvalue weighted by molar-refractivity contribution is 6.31. The molecule has 2 heterocycles. The van der Waals surface area contributed by atoms with Crippen LogP contribution in [0, 0.1) is 5.92 Å². The summed E-state index contributed by atoms with van der Waals surface area (Å²) in [5.41, 5.74) is 3.09. The number of halogens is 2. The Hall–Kier alpha value is -2.30. The van der Waals surface area contributed by atoms with Crippen molar-refractivity contribution in [2.24, 2.45) is 5.92 Å². The Morgan fingerprint density at radius 2 is 1.89 bits per heavy atom. The molecular weight excluding hydrogens is 379 g/mol. The van der Waals surface area contributed by atoms with E-state index in [1.165, 1.54) is 12.8 Å². The van der Waals surface area contributed by atoms with Crippen LogP contribution in [-0.2, 0) is 13.1 Å². The molecule has 1 saturated carbocycles. The number of imidazole rings is 2. The Morgan fingerprint density at radius 3 is 2.70 bits per heavy atom. The minimum atomic E-state index is 0.654. The fraction of sp³-hybridized carbons (Fsp3) is 0.238. The summed E-state index contributed by atoms with van der Waals surface area (Å²) in [5, 5.41) is 1.45. The van der Waals surface area contributed by atoms with Gasteiger partial charge in [0.2, 0.25) is 0 Å². The summed E-state index contributed by atoms with van der Waals surface area (Å²) in [6.07, 6.45) is 6.39. The molecule has 6 heteroatoms. The summed E-state index contributed by atoms with van der Waals surface area (Å²) in [5.74, 6) is 2.66. The van der Waals surface area contributed by atoms with E-state index in [1.54, 1.807) is 0 Å². The number of hydrogen-bond donors (Lipinski definition) is 0. The first kappa shape index (κ1) is 16.8. The van der Waals surface area contributed by atoms with E-state index in [0.717, 1.165) is 45.7 Å². The van der Waals surface area contributed by atoms with Crippen molar-refractivity contribution >= 4 is 34.2 Å². The SMILES string of the molecule is Clc1cccc(-c2nccn2Cc2nc3ccc(Cl)cc3n2CC2CC2)c1. The summed E-state index contributed by atoms with van der Waals surface area (Å²) < 4.78 is 4.44. The van der Waals surface area contributed by atoms with Crippen molar-refractivity contribution in [2.75, 3.05) is 0 Å². The minimum absolute atomic E-state index is 0.654. The highest BCUT2D eigenvalue weighted by Crippen LogP contribution is 2.33. The van der Waals surface area contributed by atoms with E-state index >= 15 is 0 Å². The van der Waals surface area contributed by atoms with Gasteiger partial charge in [-0.05, 0) is 49.1 Å². The molecule has 0 atom stereocenters. The van der Waals surface area contributed by atoms with Crippen molar-refractivity contribution in [1.29, 1.82) is 0 Å². The highest BCUT2D eigenvalue weighted by Gasteiger charge is 2.24. The molecule has 0 saturated heterocycles. The standard InChI is InChI=1S/C21H18Cl2N4/c22-16-3-1-2-15(10-16)21-24-8-9-26(21)13-20-25-18-7-6-17(23)11-19(18)27(20)12-14-4-5-14/h1-3,6-11,14H,4-5,12-13H2. The lowest BCUT2D eigenvalue weighted by molar-refractivity contribution is 0.593. The molecule has 2 aromatic carbocycles. The Balaban J connectivity index is 1.56. The lowest BCUT2D eigenvalue weighted by Crippen LogP contribution is -2.10. The Bertz CT molecular complexity index is 1120. The monoisotopic (exact) mass is 396 g/mol. The Morgan fingerprint density at radius 1 is 1.04 bits per heavy atom. The predicted molar refractivity (Wildman–Crippen MR) is 109 cm³/mol. The molecule has 0 spiro atoms. The Labute approximate surface area is 167 Å². The summed E-state index contributed by atoms with van der Waals surface area (Å²) in [6.45, 7) is 1.65. The second-order valence-corrected chi connectivity index (χ2v) is 7.98. The van der Waals surface area contributed by atoms with E-state index in [0.29, 0.717) is 11.6 Å². The van der Waals surface area contributed by atoms with Gasteiger partial charge in [-0.3, -0.25) is 0 Å². The van der Waals surface area contributed by atoms with Crippen molar-refractivity contribution in [1.82, 2.24) is 19.1 Å². The van der Waals surface area contributed by atoms with Crippen LogP contribution in [0.25, 0.3) is 22.4 Å². The van der Waals surface area contributed by atoms with Gasteiger partial charge in [-0.1, -0.05) is 35.3 Å². The number of nitrogens with zero attached hydrogens (tertiary/aromatic N) is 4. The molecule has 0 bridgehead atoms. The largest absolute Gasteiger partial charge is 0.326 e. The second-order valence-electron chi connectivity index (χ2n) is 7.10. The third-order valence-electron chi connectivity index (χ3n) is 5.04. The zero-order valence-electron chi connectivity index (χ0n) is 14.6. The molecule has 136 valence electrons. The first-order valence-electron chi connectivity index (χ1n) is 9.09. The van der Waals surface area contributed by atoms with Gasteiger partial charge >= 0.3 is 0 Å². The molecule has 0 N–H and O–H groups in total. The van der Waals surface area contributed by atoms with E-state index < -0.39 is 0 Å². The number of rotatable bonds is 5. The summed E-state index contributed by atoms with van der Waals surface area (Å²) in [7, 11) is 0. The maximum absolute atomic E-state index is 6.25. The van der Waals surface area contributed by atoms with E-state index in [9.17, 15) is 0 Å². The quantitative estimate of drug-likeness (QED) is 0.435. The third kappa shape index (κ3) is 3.35. The minimum Gasteiger partial charge on any atom is -0.326 e. The molecular formula is C21H18Cl2N4. The molecule has 1 aliphatic rings. The maximum Gasteiger partial charge on any atom is 0.140 e. The van der Waals surface area contributed by atoms with Crippen LogP contribution in [0.1, 0.15) is 18.7 Å². The zero-order chi connectivity index (χ0) is 18.4. The van der Waals surface area contributed by atoms with E-state index in [1.807, 2.05) is 54.9 Å². The molecule has 1 fully saturated rings. The molecule has 4 aromatic rings. The molecule has 0 unspecified atom stereocenters. The molecule has 27 heavy (non-hydrogen) atoms. The predicted octanol–water partition coefficient (Wildman–Crippen LogP) is 5.66. The average Bonchev–Trinajstić information content (AvgIpc) is 3.26. The molecule has 5 rings (SSSR count). The van der Waals surface area contributed by atoms with Gasteiger partial charge in [0, 0.05) is 34.5 Å². The average molecular weight is 397 g/mol. The highest BCUT2D eigenvalue weighted by atomic mass is 35.5. The zero-order valence-corrected chi connectivity index (χ0v) is 16.2. The first-order valence-corrected chi connectivity index (χ1v) is 9.85. The Kier molecular flexibility index (Phi) is 4.18. The van der Waals surface area contributed by atoms with Gasteiger partial charge in [-0.2, -0.15) is 0 Å². The van der Waals surface area contributed by atoms with Gasteiger partial charge in [-0.25, -0.2) is 9.97 Å². The maximum atomic E-state index is 6.25. The summed E-state index contributed by atoms with van der Waals surface area (Å²) in [6, 6.07) is 13.7. The molecule has 1 aliphatic carbocycles. The molecule has 4 nitrogen and oxygen atoms in total. The summed E-state index contributed by atoms with van der Waals surface area (Å²) >= 11 is 12.4. The topological polar surface area (TPSA) is 35.6 Å². The van der Waals surface area contributed by atoms with Gasteiger partial charge < -0.3 is 9.13 Å². The second kappa shape index (κ2) is 6.70. The molecule has 0 radical (unpaired) electrons. The van der Waals surface area contributed by atoms with Crippen LogP contribution in [0.5, 0.6) is 0 Å². The van der Waals surface area contributed by atoms with Gasteiger partial charge in [0.05, 0.1) is 17.6 Å². The lowest BCUT2D eigenvalue weighted by Gasteiger charge is -2.11. The van der Waals surface area contributed by atoms with Crippen molar-refractivity contribution in [3.05, 3.63) is 70.7 Å². The number of hydrogen-bond acceptors (Lipinski definition) is 2. The van der Waals surface area contributed by atoms with E-state index in [-0.39, 0.29) is 0 Å². The van der Waals surface area contributed by atoms with Gasteiger partial charge in [0.1, 0.15) is 11.6 Å². The van der Waals surface area contributed by atoms with Crippen LogP contribution < -0.4 is 0 Å². The van der Waals surface area contributed by atoms with Gasteiger partial charge in [0.15, 0.2) is 0 Å². The molecule has 0 aliphatic heterocycles. The van der Waals surface area contributed by atoms with Crippen LogP contribution in [0.15, 0.2) is 54.9 Å². The lowest BCUT2D eigenvalue weighted by atomic mass is 10.2. The molecule has 2 aromatic heterocycles. The third-order valence-corrected chi connectivity index (χ3v) is 5.51. The van der Waals surface area contributed by atoms with Gasteiger partial charge in [-0.15, -0.1) is 0 Å². The normalized spacial score (nSPS) is 14.1. The van der Waals surface area contributed by atoms with Crippen molar-refractivity contribution in [3.63, 3.8) is 0 Å². The summed E-state index contributed by atoms with van der Waals surface area (Å²) in [4.78, 5) is 9.43. The van der Waals surface area contributed by atoms with Crippen LogP contribution in [-0.4, -0.2) is 19.1 Å².